The summed E-state index contributed by atoms with van der Waals surface area (Å²) in [5, 5.41) is 11.0. The molecule has 1 heterocycles. The zero-order valence-electron chi connectivity index (χ0n) is 7.58. The van der Waals surface area contributed by atoms with Crippen LogP contribution >= 0.6 is 27.5 Å². The third-order valence-corrected chi connectivity index (χ3v) is 2.98. The van der Waals surface area contributed by atoms with Crippen LogP contribution in [0.3, 0.4) is 0 Å². The summed E-state index contributed by atoms with van der Waals surface area (Å²) in [7, 11) is 0. The van der Waals surface area contributed by atoms with Gasteiger partial charge in [0.25, 0.3) is 0 Å². The Morgan fingerprint density at radius 1 is 1.47 bits per heavy atom. The lowest BCUT2D eigenvalue weighted by molar-refractivity contribution is 0.197. The quantitative estimate of drug-likeness (QED) is 0.813. The van der Waals surface area contributed by atoms with Crippen LogP contribution in [-0.4, -0.2) is 15.8 Å². The molecule has 0 aliphatic rings. The van der Waals surface area contributed by atoms with Gasteiger partial charge in [-0.2, -0.15) is 0 Å². The molecule has 0 aliphatic carbocycles. The summed E-state index contributed by atoms with van der Waals surface area (Å²) < 4.78 is 1.23. The Labute approximate surface area is 99.4 Å². The van der Waals surface area contributed by atoms with Crippen LogP contribution in [0.2, 0.25) is 5.02 Å². The first kappa shape index (κ1) is 10.5. The molecular weight excluding hydrogens is 281 g/mol. The van der Waals surface area contributed by atoms with Gasteiger partial charge in [-0.3, -0.25) is 0 Å². The number of carboxylic acid groups (broad SMARTS) is 1. The fourth-order valence-electron chi connectivity index (χ4n) is 1.56. The monoisotopic (exact) mass is 287 g/mol. The molecule has 0 saturated heterocycles. The van der Waals surface area contributed by atoms with Crippen molar-refractivity contribution in [1.82, 2.24) is 4.57 Å². The van der Waals surface area contributed by atoms with Crippen LogP contribution < -0.4 is 0 Å². The number of carbonyl (C=O) groups is 1. The maximum atomic E-state index is 11.1. The molecule has 2 aromatic rings. The Morgan fingerprint density at radius 2 is 2.20 bits per heavy atom. The average Bonchev–Trinajstić information content (AvgIpc) is 2.55. The summed E-state index contributed by atoms with van der Waals surface area (Å²) in [5.41, 5.74) is 1.31. The van der Waals surface area contributed by atoms with Crippen molar-refractivity contribution in [1.29, 1.82) is 0 Å². The van der Waals surface area contributed by atoms with E-state index in [1.807, 2.05) is 12.1 Å². The standard InChI is InChI=1S/C10H7BrClNO2/c11-5-8-3-6-1-2-7(12)4-9(6)13(8)10(14)15/h1-4H,5H2,(H,14,15). The summed E-state index contributed by atoms with van der Waals surface area (Å²) in [5.74, 6) is 0. The summed E-state index contributed by atoms with van der Waals surface area (Å²) >= 11 is 9.09. The average molecular weight is 289 g/mol. The Kier molecular flexibility index (Phi) is 2.71. The van der Waals surface area contributed by atoms with Crippen LogP contribution in [-0.2, 0) is 5.33 Å². The van der Waals surface area contributed by atoms with Gasteiger partial charge in [0.2, 0.25) is 0 Å². The number of alkyl halides is 1. The third-order valence-electron chi connectivity index (χ3n) is 2.17. The number of aromatic nitrogens is 1. The first-order valence-corrected chi connectivity index (χ1v) is 5.72. The lowest BCUT2D eigenvalue weighted by Gasteiger charge is -2.01. The van der Waals surface area contributed by atoms with Gasteiger partial charge in [-0.1, -0.05) is 33.6 Å². The van der Waals surface area contributed by atoms with Crippen molar-refractivity contribution in [3.63, 3.8) is 0 Å². The van der Waals surface area contributed by atoms with E-state index in [2.05, 4.69) is 15.9 Å². The van der Waals surface area contributed by atoms with Crippen LogP contribution in [0.4, 0.5) is 4.79 Å². The van der Waals surface area contributed by atoms with Gasteiger partial charge in [-0.05, 0) is 18.2 Å². The van der Waals surface area contributed by atoms with Crippen molar-refractivity contribution in [2.75, 3.05) is 0 Å². The van der Waals surface area contributed by atoms with Crippen molar-refractivity contribution < 1.29 is 9.90 Å². The van der Waals surface area contributed by atoms with Gasteiger partial charge in [-0.25, -0.2) is 9.36 Å². The SMILES string of the molecule is O=C(O)n1c(CBr)cc2ccc(Cl)cc21. The molecule has 0 unspecified atom stereocenters. The highest BCUT2D eigenvalue weighted by atomic mass is 79.9. The summed E-state index contributed by atoms with van der Waals surface area (Å²) in [6, 6.07) is 7.03. The van der Waals surface area contributed by atoms with Crippen LogP contribution in [0.25, 0.3) is 10.9 Å². The lowest BCUT2D eigenvalue weighted by Crippen LogP contribution is -2.10. The minimum absolute atomic E-state index is 0.492. The molecule has 0 saturated carbocycles. The first-order valence-electron chi connectivity index (χ1n) is 4.22. The van der Waals surface area contributed by atoms with Gasteiger partial charge >= 0.3 is 6.09 Å². The second-order valence-electron chi connectivity index (χ2n) is 3.09. The third kappa shape index (κ3) is 1.75. The van der Waals surface area contributed by atoms with Crippen molar-refractivity contribution in [2.24, 2.45) is 0 Å². The number of halogens is 2. The number of nitrogens with zero attached hydrogens (tertiary/aromatic N) is 1. The van der Waals surface area contributed by atoms with E-state index in [0.717, 1.165) is 5.39 Å². The van der Waals surface area contributed by atoms with E-state index >= 15 is 0 Å². The first-order chi connectivity index (χ1) is 7.13. The van der Waals surface area contributed by atoms with E-state index in [0.29, 0.717) is 21.6 Å². The Bertz CT molecular complexity index is 535. The normalized spacial score (nSPS) is 10.8. The Balaban J connectivity index is 2.82. The molecule has 0 amide bonds. The second-order valence-corrected chi connectivity index (χ2v) is 4.09. The summed E-state index contributed by atoms with van der Waals surface area (Å²) in [4.78, 5) is 11.1. The van der Waals surface area contributed by atoms with E-state index in [4.69, 9.17) is 16.7 Å². The predicted octanol–water partition coefficient (Wildman–Crippen LogP) is 3.72. The molecule has 5 heteroatoms. The topological polar surface area (TPSA) is 42.2 Å². The molecule has 2 rings (SSSR count). The van der Waals surface area contributed by atoms with Crippen LogP contribution in [0.1, 0.15) is 5.69 Å². The Hall–Kier alpha value is -1.00. The van der Waals surface area contributed by atoms with Crippen LogP contribution in [0, 0.1) is 0 Å². The molecule has 1 N–H and O–H groups in total. The van der Waals surface area contributed by atoms with Crippen molar-refractivity contribution in [2.45, 2.75) is 5.33 Å². The van der Waals surface area contributed by atoms with E-state index in [1.54, 1.807) is 12.1 Å². The molecule has 15 heavy (non-hydrogen) atoms. The smallest absolute Gasteiger partial charge is 0.416 e. The van der Waals surface area contributed by atoms with Gasteiger partial charge in [-0.15, -0.1) is 0 Å². The summed E-state index contributed by atoms with van der Waals surface area (Å²) in [6.07, 6.45) is -0.998. The van der Waals surface area contributed by atoms with E-state index in [1.165, 1.54) is 4.57 Å². The highest BCUT2D eigenvalue weighted by Crippen LogP contribution is 2.24. The maximum absolute atomic E-state index is 11.1. The maximum Gasteiger partial charge on any atom is 0.416 e. The molecule has 1 aromatic carbocycles. The second kappa shape index (κ2) is 3.87. The fraction of sp³-hybridized carbons (Fsp3) is 0.100. The van der Waals surface area contributed by atoms with Gasteiger partial charge in [0.15, 0.2) is 0 Å². The highest BCUT2D eigenvalue weighted by Gasteiger charge is 2.13. The van der Waals surface area contributed by atoms with Gasteiger partial charge in [0.1, 0.15) is 0 Å². The number of benzene rings is 1. The number of hydrogen-bond acceptors (Lipinski definition) is 1. The molecule has 0 aliphatic heterocycles. The predicted molar refractivity (Wildman–Crippen MR) is 63.0 cm³/mol. The van der Waals surface area contributed by atoms with Gasteiger partial charge in [0, 0.05) is 21.4 Å². The molecule has 0 bridgehead atoms. The molecule has 1 aromatic heterocycles. The zero-order chi connectivity index (χ0) is 11.0. The highest BCUT2D eigenvalue weighted by molar-refractivity contribution is 9.08. The lowest BCUT2D eigenvalue weighted by atomic mass is 10.2. The molecule has 0 fully saturated rings. The number of rotatable bonds is 1. The molecular formula is C10H7BrClNO2. The molecule has 3 nitrogen and oxygen atoms in total. The van der Waals surface area contributed by atoms with Crippen molar-refractivity contribution in [3.05, 3.63) is 35.0 Å². The van der Waals surface area contributed by atoms with Gasteiger partial charge in [0.05, 0.1) is 5.52 Å². The number of hydrogen-bond donors (Lipinski definition) is 1. The van der Waals surface area contributed by atoms with E-state index in [9.17, 15) is 4.79 Å². The minimum atomic E-state index is -0.998. The minimum Gasteiger partial charge on any atom is -0.464 e. The number of fused-ring (bicyclic) bond motifs is 1. The Morgan fingerprint density at radius 3 is 2.80 bits per heavy atom. The van der Waals surface area contributed by atoms with Crippen molar-refractivity contribution in [3.8, 4) is 0 Å². The largest absolute Gasteiger partial charge is 0.464 e. The fourth-order valence-corrected chi connectivity index (χ4v) is 2.13. The molecule has 78 valence electrons. The van der Waals surface area contributed by atoms with E-state index in [-0.39, 0.29) is 0 Å². The summed E-state index contributed by atoms with van der Waals surface area (Å²) in [6.45, 7) is 0. The van der Waals surface area contributed by atoms with Crippen molar-refractivity contribution >= 4 is 44.5 Å². The molecule has 0 spiro atoms. The zero-order valence-corrected chi connectivity index (χ0v) is 9.92. The van der Waals surface area contributed by atoms with Crippen LogP contribution in [0.5, 0.6) is 0 Å². The molecule has 0 radical (unpaired) electrons. The van der Waals surface area contributed by atoms with E-state index < -0.39 is 6.09 Å². The molecule has 0 atom stereocenters. The van der Waals surface area contributed by atoms with Crippen LogP contribution in [0.15, 0.2) is 24.3 Å². The van der Waals surface area contributed by atoms with Gasteiger partial charge < -0.3 is 5.11 Å².